The number of aryl methyl sites for hydroxylation is 2. The van der Waals surface area contributed by atoms with Crippen LogP contribution in [-0.2, 0) is 12.8 Å². The molecule has 4 nitrogen and oxygen atoms in total. The molecule has 0 saturated heterocycles. The molecule has 2 rings (SSSR count). The largest absolute Gasteiger partial charge is 0.465 e. The van der Waals surface area contributed by atoms with Crippen molar-refractivity contribution in [3.63, 3.8) is 0 Å². The molecule has 3 N–H and O–H groups in total. The molecular formula is C20H25NO3. The molecule has 128 valence electrons. The van der Waals surface area contributed by atoms with Gasteiger partial charge >= 0.3 is 6.09 Å². The molecule has 2 aromatic carbocycles. The highest BCUT2D eigenvalue weighted by Gasteiger charge is 2.00. The Balaban J connectivity index is 1.83. The molecular weight excluding hydrogens is 302 g/mol. The van der Waals surface area contributed by atoms with E-state index in [-0.39, 0.29) is 6.61 Å². The second-order valence-electron chi connectivity index (χ2n) is 5.91. The molecule has 0 bridgehead atoms. The van der Waals surface area contributed by atoms with Gasteiger partial charge in [-0.3, -0.25) is 0 Å². The molecule has 24 heavy (non-hydrogen) atoms. The van der Waals surface area contributed by atoms with Crippen LogP contribution in [0.2, 0.25) is 0 Å². The van der Waals surface area contributed by atoms with Crippen LogP contribution < -0.4 is 5.32 Å². The number of unbranched alkanes of at least 4 members (excludes halogenated alkanes) is 1. The third kappa shape index (κ3) is 6.05. The van der Waals surface area contributed by atoms with Crippen molar-refractivity contribution in [1.29, 1.82) is 0 Å². The zero-order valence-electron chi connectivity index (χ0n) is 13.9. The summed E-state index contributed by atoms with van der Waals surface area (Å²) in [7, 11) is 0. The minimum atomic E-state index is -0.957. The van der Waals surface area contributed by atoms with E-state index in [4.69, 9.17) is 10.2 Å². The summed E-state index contributed by atoms with van der Waals surface area (Å²) in [4.78, 5) is 10.4. The van der Waals surface area contributed by atoms with Crippen LogP contribution in [-0.4, -0.2) is 29.5 Å². The smallest absolute Gasteiger partial charge is 0.404 e. The number of rotatable bonds is 9. The van der Waals surface area contributed by atoms with Crippen LogP contribution in [0.25, 0.3) is 11.1 Å². The van der Waals surface area contributed by atoms with E-state index in [2.05, 4.69) is 53.8 Å². The van der Waals surface area contributed by atoms with Gasteiger partial charge in [-0.05, 0) is 54.4 Å². The monoisotopic (exact) mass is 327 g/mol. The zero-order chi connectivity index (χ0) is 17.2. The highest BCUT2D eigenvalue weighted by molar-refractivity contribution is 5.64. The third-order valence-electron chi connectivity index (χ3n) is 4.03. The fraction of sp³-hybridized carbons (Fsp3) is 0.350. The van der Waals surface area contributed by atoms with Crippen molar-refractivity contribution in [2.45, 2.75) is 32.1 Å². The van der Waals surface area contributed by atoms with Gasteiger partial charge in [0.2, 0.25) is 0 Å². The molecule has 0 saturated carbocycles. The van der Waals surface area contributed by atoms with Gasteiger partial charge in [0.05, 0.1) is 0 Å². The van der Waals surface area contributed by atoms with Crippen molar-refractivity contribution in [2.75, 3.05) is 13.2 Å². The normalized spacial score (nSPS) is 10.5. The maximum atomic E-state index is 10.4. The molecule has 0 unspecified atom stereocenters. The molecule has 0 aliphatic heterocycles. The van der Waals surface area contributed by atoms with E-state index in [1.54, 1.807) is 0 Å². The van der Waals surface area contributed by atoms with E-state index in [0.29, 0.717) is 6.54 Å². The number of hydrogen-bond acceptors (Lipinski definition) is 2. The quantitative estimate of drug-likeness (QED) is 0.612. The van der Waals surface area contributed by atoms with Crippen molar-refractivity contribution in [1.82, 2.24) is 5.32 Å². The fourth-order valence-electron chi connectivity index (χ4n) is 2.66. The lowest BCUT2D eigenvalue weighted by Gasteiger charge is -2.06. The second-order valence-corrected chi connectivity index (χ2v) is 5.91. The van der Waals surface area contributed by atoms with Crippen LogP contribution in [0, 0.1) is 0 Å². The first kappa shape index (κ1) is 18.0. The fourth-order valence-corrected chi connectivity index (χ4v) is 2.66. The Morgan fingerprint density at radius 1 is 0.792 bits per heavy atom. The van der Waals surface area contributed by atoms with Crippen molar-refractivity contribution < 1.29 is 15.0 Å². The van der Waals surface area contributed by atoms with Crippen LogP contribution in [0.5, 0.6) is 0 Å². The second kappa shape index (κ2) is 9.73. The molecule has 0 aliphatic carbocycles. The summed E-state index contributed by atoms with van der Waals surface area (Å²) in [6.45, 7) is 0.742. The van der Waals surface area contributed by atoms with Gasteiger partial charge in [-0.2, -0.15) is 0 Å². The number of amides is 1. The molecule has 4 heteroatoms. The van der Waals surface area contributed by atoms with Gasteiger partial charge in [-0.15, -0.1) is 0 Å². The molecule has 0 fully saturated rings. The van der Waals surface area contributed by atoms with Gasteiger partial charge in [-0.1, -0.05) is 48.5 Å². The number of nitrogens with one attached hydrogen (secondary N) is 1. The van der Waals surface area contributed by atoms with Crippen molar-refractivity contribution in [3.8, 4) is 11.1 Å². The first-order valence-corrected chi connectivity index (χ1v) is 8.45. The van der Waals surface area contributed by atoms with Crippen LogP contribution in [0.4, 0.5) is 4.79 Å². The SMILES string of the molecule is O=C(O)NCCCCc1ccc(-c2ccc(CCCO)cc2)cc1. The van der Waals surface area contributed by atoms with Gasteiger partial charge in [0.1, 0.15) is 0 Å². The molecule has 0 spiro atoms. The number of carbonyl (C=O) groups is 1. The Morgan fingerprint density at radius 2 is 1.29 bits per heavy atom. The number of aliphatic hydroxyl groups excluding tert-OH is 1. The highest BCUT2D eigenvalue weighted by atomic mass is 16.4. The molecule has 0 heterocycles. The van der Waals surface area contributed by atoms with Crippen LogP contribution in [0.15, 0.2) is 48.5 Å². The van der Waals surface area contributed by atoms with Crippen LogP contribution >= 0.6 is 0 Å². The maximum Gasteiger partial charge on any atom is 0.404 e. The summed E-state index contributed by atoms with van der Waals surface area (Å²) in [5.74, 6) is 0. The molecule has 0 aromatic heterocycles. The first-order valence-electron chi connectivity index (χ1n) is 8.45. The lowest BCUT2D eigenvalue weighted by Crippen LogP contribution is -2.21. The van der Waals surface area contributed by atoms with Gasteiger partial charge in [-0.25, -0.2) is 4.79 Å². The van der Waals surface area contributed by atoms with E-state index in [1.165, 1.54) is 22.3 Å². The number of carboxylic acid groups (broad SMARTS) is 1. The van der Waals surface area contributed by atoms with Crippen molar-refractivity contribution in [3.05, 3.63) is 59.7 Å². The third-order valence-corrected chi connectivity index (χ3v) is 4.03. The highest BCUT2D eigenvalue weighted by Crippen LogP contribution is 2.21. The number of aliphatic hydroxyl groups is 1. The molecule has 0 aliphatic rings. The Bertz CT molecular complexity index is 620. The zero-order valence-corrected chi connectivity index (χ0v) is 13.9. The van der Waals surface area contributed by atoms with Gasteiger partial charge in [0.25, 0.3) is 0 Å². The topological polar surface area (TPSA) is 69.6 Å². The summed E-state index contributed by atoms with van der Waals surface area (Å²) in [5, 5.41) is 19.8. The molecule has 1 amide bonds. The minimum absolute atomic E-state index is 0.232. The van der Waals surface area contributed by atoms with E-state index >= 15 is 0 Å². The molecule has 2 aromatic rings. The average Bonchev–Trinajstić information content (AvgIpc) is 2.60. The number of benzene rings is 2. The van der Waals surface area contributed by atoms with Gasteiger partial charge < -0.3 is 15.5 Å². The number of hydrogen-bond donors (Lipinski definition) is 3. The lowest BCUT2D eigenvalue weighted by molar-refractivity contribution is 0.194. The lowest BCUT2D eigenvalue weighted by atomic mass is 10.00. The van der Waals surface area contributed by atoms with E-state index in [9.17, 15) is 4.79 Å². The predicted octanol–water partition coefficient (Wildman–Crippen LogP) is 3.87. The van der Waals surface area contributed by atoms with Gasteiger partial charge in [0, 0.05) is 13.2 Å². The van der Waals surface area contributed by atoms with Crippen molar-refractivity contribution in [2.24, 2.45) is 0 Å². The predicted molar refractivity (Wildman–Crippen MR) is 96.3 cm³/mol. The average molecular weight is 327 g/mol. The van der Waals surface area contributed by atoms with Crippen LogP contribution in [0.3, 0.4) is 0 Å². The summed E-state index contributed by atoms with van der Waals surface area (Å²) >= 11 is 0. The first-order chi connectivity index (χ1) is 11.7. The molecule has 0 radical (unpaired) electrons. The Morgan fingerprint density at radius 3 is 1.75 bits per heavy atom. The minimum Gasteiger partial charge on any atom is -0.465 e. The van der Waals surface area contributed by atoms with E-state index < -0.39 is 6.09 Å². The Hall–Kier alpha value is -2.33. The van der Waals surface area contributed by atoms with E-state index in [1.807, 2.05) is 0 Å². The Kier molecular flexibility index (Phi) is 7.30. The standard InChI is InChI=1S/C20H25NO3/c22-15-3-5-17-8-12-19(13-9-17)18-10-6-16(7-11-18)4-1-2-14-21-20(23)24/h6-13,21-22H,1-5,14-15H2,(H,23,24). The van der Waals surface area contributed by atoms with Crippen molar-refractivity contribution >= 4 is 6.09 Å². The Labute approximate surface area is 143 Å². The summed E-state index contributed by atoms with van der Waals surface area (Å²) < 4.78 is 0. The maximum absolute atomic E-state index is 10.4. The summed E-state index contributed by atoms with van der Waals surface area (Å²) in [6, 6.07) is 17.0. The van der Waals surface area contributed by atoms with E-state index in [0.717, 1.165) is 32.1 Å². The molecule has 0 atom stereocenters. The van der Waals surface area contributed by atoms with Crippen LogP contribution in [0.1, 0.15) is 30.4 Å². The summed E-state index contributed by atoms with van der Waals surface area (Å²) in [5.41, 5.74) is 4.91. The van der Waals surface area contributed by atoms with Gasteiger partial charge in [0.15, 0.2) is 0 Å². The summed E-state index contributed by atoms with van der Waals surface area (Å²) in [6.07, 6.45) is 3.54.